The Bertz CT molecular complexity index is 769. The lowest BCUT2D eigenvalue weighted by Crippen LogP contribution is -2.07. The summed E-state index contributed by atoms with van der Waals surface area (Å²) >= 11 is 3.50. The Hall–Kier alpha value is -1.46. The Labute approximate surface area is 135 Å². The molecule has 1 aromatic carbocycles. The summed E-state index contributed by atoms with van der Waals surface area (Å²) in [5.41, 5.74) is 1.66. The summed E-state index contributed by atoms with van der Waals surface area (Å²) in [4.78, 5) is 5.12. The molecule has 2 aromatic heterocycles. The number of halogens is 1. The minimum atomic E-state index is -1.28. The summed E-state index contributed by atoms with van der Waals surface area (Å²) in [7, 11) is -1.28. The summed E-state index contributed by atoms with van der Waals surface area (Å²) < 4.78 is 15.4. The van der Waals surface area contributed by atoms with Gasteiger partial charge in [0.2, 0.25) is 0 Å². The molecule has 1 atom stereocenters. The number of nitrogens with zero attached hydrogens (tertiary/aromatic N) is 2. The monoisotopic (exact) mass is 364 g/mol. The second-order valence-electron chi connectivity index (χ2n) is 4.17. The van der Waals surface area contributed by atoms with Gasteiger partial charge in [0, 0.05) is 21.7 Å². The van der Waals surface area contributed by atoms with Gasteiger partial charge < -0.3 is 0 Å². The van der Waals surface area contributed by atoms with E-state index in [4.69, 9.17) is 0 Å². The first-order valence-electron chi connectivity index (χ1n) is 6.78. The zero-order valence-corrected chi connectivity index (χ0v) is 14.6. The van der Waals surface area contributed by atoms with Crippen molar-refractivity contribution >= 4 is 37.9 Å². The number of aryl methyl sites for hydroxylation is 1. The van der Waals surface area contributed by atoms with Crippen LogP contribution in [0, 0.1) is 6.92 Å². The molecule has 3 aromatic rings. The van der Waals surface area contributed by atoms with Crippen LogP contribution < -0.4 is 0 Å². The molecule has 1 unspecified atom stereocenters. The van der Waals surface area contributed by atoms with Crippen LogP contribution in [0.1, 0.15) is 19.5 Å². The van der Waals surface area contributed by atoms with Gasteiger partial charge in [-0.05, 0) is 47.1 Å². The van der Waals surface area contributed by atoms with E-state index in [0.29, 0.717) is 0 Å². The molecule has 0 aliphatic rings. The molecule has 5 heteroatoms. The van der Waals surface area contributed by atoms with Crippen LogP contribution in [-0.2, 0) is 11.0 Å². The zero-order chi connectivity index (χ0) is 15.4. The number of hydrogen-bond donors (Lipinski definition) is 0. The smallest absolute Gasteiger partial charge is 0.158 e. The quantitative estimate of drug-likeness (QED) is 0.660. The SMILES string of the molecule is CC.Cc1cc2c(Br)ccnc2n1S(=O)c1ccccc1. The van der Waals surface area contributed by atoms with E-state index in [-0.39, 0.29) is 0 Å². The topological polar surface area (TPSA) is 34.9 Å². The highest BCUT2D eigenvalue weighted by molar-refractivity contribution is 9.10. The average Bonchev–Trinajstić information content (AvgIpc) is 2.87. The standard InChI is InChI=1S/C14H11BrN2OS.C2H6/c1-10-9-12-13(15)7-8-16-14(12)17(10)19(18)11-5-3-2-4-6-11;1-2/h2-9H,1H3;1-2H3. The molecule has 3 rings (SSSR count). The van der Waals surface area contributed by atoms with E-state index in [2.05, 4.69) is 20.9 Å². The fourth-order valence-corrected chi connectivity index (χ4v) is 3.65. The van der Waals surface area contributed by atoms with Gasteiger partial charge in [-0.3, -0.25) is 0 Å². The predicted molar refractivity (Wildman–Crippen MR) is 91.8 cm³/mol. The fraction of sp³-hybridized carbons (Fsp3) is 0.188. The lowest BCUT2D eigenvalue weighted by molar-refractivity contribution is 0.677. The molecule has 0 bridgehead atoms. The van der Waals surface area contributed by atoms with E-state index in [9.17, 15) is 4.21 Å². The van der Waals surface area contributed by atoms with Crippen molar-refractivity contribution in [3.05, 3.63) is 58.8 Å². The summed E-state index contributed by atoms with van der Waals surface area (Å²) in [6.45, 7) is 5.94. The molecule has 0 saturated heterocycles. The Morgan fingerprint density at radius 3 is 2.48 bits per heavy atom. The highest BCUT2D eigenvalue weighted by Crippen LogP contribution is 2.27. The van der Waals surface area contributed by atoms with E-state index in [1.165, 1.54) is 0 Å². The van der Waals surface area contributed by atoms with E-state index in [0.717, 1.165) is 26.1 Å². The molecular weight excluding hydrogens is 348 g/mol. The van der Waals surface area contributed by atoms with Crippen molar-refractivity contribution in [3.8, 4) is 0 Å². The first-order chi connectivity index (χ1) is 10.2. The highest BCUT2D eigenvalue weighted by atomic mass is 79.9. The van der Waals surface area contributed by atoms with E-state index in [1.807, 2.05) is 63.2 Å². The molecule has 0 amide bonds. The molecule has 0 aliphatic carbocycles. The lowest BCUT2D eigenvalue weighted by Gasteiger charge is -2.07. The van der Waals surface area contributed by atoms with Crippen molar-refractivity contribution < 1.29 is 4.21 Å². The minimum absolute atomic E-state index is 0.731. The van der Waals surface area contributed by atoms with Gasteiger partial charge in [-0.15, -0.1) is 0 Å². The third-order valence-corrected chi connectivity index (χ3v) is 5.05. The maximum absolute atomic E-state index is 12.7. The Morgan fingerprint density at radius 2 is 1.81 bits per heavy atom. The Kier molecular flexibility index (Phi) is 5.31. The second-order valence-corrected chi connectivity index (χ2v) is 6.36. The summed E-state index contributed by atoms with van der Waals surface area (Å²) in [5, 5.41) is 0.976. The van der Waals surface area contributed by atoms with Gasteiger partial charge in [0.05, 0.1) is 4.90 Å². The molecule has 0 radical (unpaired) electrons. The van der Waals surface area contributed by atoms with Crippen LogP contribution in [0.15, 0.2) is 58.0 Å². The van der Waals surface area contributed by atoms with Crippen molar-refractivity contribution in [2.24, 2.45) is 0 Å². The molecule has 2 heterocycles. The molecule has 0 saturated carbocycles. The van der Waals surface area contributed by atoms with Gasteiger partial charge in [-0.2, -0.15) is 0 Å². The van der Waals surface area contributed by atoms with Crippen LogP contribution in [0.5, 0.6) is 0 Å². The molecular formula is C16H17BrN2OS. The third-order valence-electron chi connectivity index (χ3n) is 2.89. The fourth-order valence-electron chi connectivity index (χ4n) is 2.02. The van der Waals surface area contributed by atoms with E-state index >= 15 is 0 Å². The molecule has 0 aliphatic heterocycles. The minimum Gasteiger partial charge on any atom is -0.243 e. The van der Waals surface area contributed by atoms with Gasteiger partial charge in [0.15, 0.2) is 16.6 Å². The molecule has 0 spiro atoms. The average molecular weight is 365 g/mol. The maximum atomic E-state index is 12.7. The van der Waals surface area contributed by atoms with E-state index in [1.54, 1.807) is 10.2 Å². The van der Waals surface area contributed by atoms with Gasteiger partial charge >= 0.3 is 0 Å². The van der Waals surface area contributed by atoms with Crippen molar-refractivity contribution in [1.29, 1.82) is 0 Å². The van der Waals surface area contributed by atoms with Gasteiger partial charge in [-0.25, -0.2) is 13.2 Å². The molecule has 3 nitrogen and oxygen atoms in total. The molecule has 110 valence electrons. The molecule has 0 fully saturated rings. The largest absolute Gasteiger partial charge is 0.243 e. The normalized spacial score (nSPS) is 11.8. The van der Waals surface area contributed by atoms with Crippen LogP contribution in [-0.4, -0.2) is 13.2 Å². The Morgan fingerprint density at radius 1 is 1.14 bits per heavy atom. The van der Waals surface area contributed by atoms with Crippen molar-refractivity contribution in [3.63, 3.8) is 0 Å². The summed E-state index contributed by atoms with van der Waals surface area (Å²) in [5.74, 6) is 0. The van der Waals surface area contributed by atoms with Gasteiger partial charge in [0.1, 0.15) is 0 Å². The van der Waals surface area contributed by atoms with Gasteiger partial charge in [-0.1, -0.05) is 32.0 Å². The molecule has 21 heavy (non-hydrogen) atoms. The van der Waals surface area contributed by atoms with Crippen molar-refractivity contribution in [1.82, 2.24) is 8.96 Å². The number of hydrogen-bond acceptors (Lipinski definition) is 2. The first-order valence-corrected chi connectivity index (χ1v) is 8.68. The van der Waals surface area contributed by atoms with Crippen LogP contribution in [0.4, 0.5) is 0 Å². The van der Waals surface area contributed by atoms with Crippen LogP contribution in [0.25, 0.3) is 11.0 Å². The second kappa shape index (κ2) is 7.00. The lowest BCUT2D eigenvalue weighted by atomic mass is 10.3. The Balaban J connectivity index is 0.000000774. The number of pyridine rings is 1. The zero-order valence-electron chi connectivity index (χ0n) is 12.2. The number of rotatable bonds is 2. The number of fused-ring (bicyclic) bond motifs is 1. The van der Waals surface area contributed by atoms with Crippen LogP contribution >= 0.6 is 15.9 Å². The number of benzene rings is 1. The van der Waals surface area contributed by atoms with Crippen molar-refractivity contribution in [2.45, 2.75) is 25.7 Å². The number of aromatic nitrogens is 2. The highest BCUT2D eigenvalue weighted by Gasteiger charge is 2.15. The summed E-state index contributed by atoms with van der Waals surface area (Å²) in [6, 6.07) is 13.3. The van der Waals surface area contributed by atoms with Gasteiger partial charge in [0.25, 0.3) is 0 Å². The predicted octanol–water partition coefficient (Wildman–Crippen LogP) is 4.70. The maximum Gasteiger partial charge on any atom is 0.158 e. The van der Waals surface area contributed by atoms with E-state index < -0.39 is 11.0 Å². The summed E-state index contributed by atoms with van der Waals surface area (Å²) in [6.07, 6.45) is 1.71. The van der Waals surface area contributed by atoms with Crippen LogP contribution in [0.2, 0.25) is 0 Å². The third kappa shape index (κ3) is 3.09. The van der Waals surface area contributed by atoms with Crippen LogP contribution in [0.3, 0.4) is 0 Å². The van der Waals surface area contributed by atoms with Crippen molar-refractivity contribution in [2.75, 3.05) is 0 Å². The first kappa shape index (κ1) is 15.9. The molecule has 0 N–H and O–H groups in total.